The fourth-order valence-corrected chi connectivity index (χ4v) is 2.25. The first-order valence-corrected chi connectivity index (χ1v) is 6.25. The van der Waals surface area contributed by atoms with Crippen LogP contribution in [0.25, 0.3) is 0 Å². The molecule has 1 rings (SSSR count). The topological polar surface area (TPSA) is 122 Å². The van der Waals surface area contributed by atoms with E-state index in [4.69, 9.17) is 11.0 Å². The van der Waals surface area contributed by atoms with Gasteiger partial charge in [-0.05, 0) is 18.2 Å². The van der Waals surface area contributed by atoms with Crippen molar-refractivity contribution in [2.24, 2.45) is 0 Å². The van der Waals surface area contributed by atoms with Gasteiger partial charge in [-0.25, -0.2) is 8.42 Å². The smallest absolute Gasteiger partial charge is 0.320 e. The Kier molecular flexibility index (Phi) is 4.25. The van der Waals surface area contributed by atoms with Crippen LogP contribution in [0.2, 0.25) is 0 Å². The van der Waals surface area contributed by atoms with Gasteiger partial charge in [0.25, 0.3) is 0 Å². The van der Waals surface area contributed by atoms with Crippen molar-refractivity contribution in [1.82, 2.24) is 4.72 Å². The molecule has 0 bridgehead atoms. The van der Waals surface area contributed by atoms with Gasteiger partial charge in [-0.15, -0.1) is 0 Å². The van der Waals surface area contributed by atoms with Crippen molar-refractivity contribution in [3.8, 4) is 6.07 Å². The number of nitrogens with two attached hydrogens (primary N) is 1. The number of carbonyl (C=O) groups excluding carboxylic acids is 1. The molecular weight excluding hydrogens is 258 g/mol. The molecule has 96 valence electrons. The van der Waals surface area contributed by atoms with Crippen molar-refractivity contribution in [3.63, 3.8) is 0 Å². The first kappa shape index (κ1) is 14.0. The number of hydrogen-bond acceptors (Lipinski definition) is 6. The molecule has 0 radical (unpaired) electrons. The third kappa shape index (κ3) is 3.19. The monoisotopic (exact) mass is 269 g/mol. The van der Waals surface area contributed by atoms with Crippen LogP contribution in [-0.2, 0) is 19.6 Å². The molecule has 8 heteroatoms. The second-order valence-electron chi connectivity index (χ2n) is 3.27. The van der Waals surface area contributed by atoms with Crippen LogP contribution in [0.3, 0.4) is 0 Å². The summed E-state index contributed by atoms with van der Waals surface area (Å²) in [7, 11) is -2.76. The normalized spacial score (nSPS) is 10.7. The maximum absolute atomic E-state index is 11.8. The van der Waals surface area contributed by atoms with Crippen LogP contribution >= 0.6 is 0 Å². The van der Waals surface area contributed by atoms with Gasteiger partial charge >= 0.3 is 5.97 Å². The van der Waals surface area contributed by atoms with Gasteiger partial charge in [0, 0.05) is 0 Å². The molecule has 0 aliphatic rings. The molecule has 0 saturated carbocycles. The highest BCUT2D eigenvalue weighted by Gasteiger charge is 2.18. The van der Waals surface area contributed by atoms with Gasteiger partial charge < -0.3 is 10.5 Å². The molecule has 0 fully saturated rings. The largest absolute Gasteiger partial charge is 0.468 e. The summed E-state index contributed by atoms with van der Waals surface area (Å²) in [6.07, 6.45) is 0. The summed E-state index contributed by atoms with van der Waals surface area (Å²) in [4.78, 5) is 10.7. The molecule has 7 nitrogen and oxygen atoms in total. The summed E-state index contributed by atoms with van der Waals surface area (Å²) in [6.45, 7) is -0.488. The quantitative estimate of drug-likeness (QED) is 0.566. The summed E-state index contributed by atoms with van der Waals surface area (Å²) in [5, 5.41) is 8.63. The van der Waals surface area contributed by atoms with Crippen molar-refractivity contribution in [2.75, 3.05) is 19.4 Å². The molecule has 0 unspecified atom stereocenters. The van der Waals surface area contributed by atoms with E-state index in [2.05, 4.69) is 4.74 Å². The Morgan fingerprint density at radius 3 is 2.72 bits per heavy atom. The molecule has 0 heterocycles. The molecule has 0 aliphatic heterocycles. The Morgan fingerprint density at radius 2 is 2.22 bits per heavy atom. The van der Waals surface area contributed by atoms with Gasteiger partial charge in [0.05, 0.1) is 24.4 Å². The predicted octanol–water partition coefficient (Wildman–Crippen LogP) is -0.408. The van der Waals surface area contributed by atoms with Crippen LogP contribution in [0.4, 0.5) is 5.69 Å². The average Bonchev–Trinajstić information content (AvgIpc) is 2.35. The van der Waals surface area contributed by atoms with Crippen molar-refractivity contribution >= 4 is 21.7 Å². The minimum atomic E-state index is -3.91. The van der Waals surface area contributed by atoms with Gasteiger partial charge in [0.15, 0.2) is 0 Å². The van der Waals surface area contributed by atoms with Crippen LogP contribution in [0.5, 0.6) is 0 Å². The van der Waals surface area contributed by atoms with E-state index in [1.807, 2.05) is 10.8 Å². The maximum Gasteiger partial charge on any atom is 0.320 e. The molecule has 18 heavy (non-hydrogen) atoms. The number of nitriles is 1. The summed E-state index contributed by atoms with van der Waals surface area (Å²) in [5.41, 5.74) is 5.72. The molecule has 0 aromatic heterocycles. The maximum atomic E-state index is 11.8. The predicted molar refractivity (Wildman–Crippen MR) is 62.8 cm³/mol. The molecule has 0 saturated heterocycles. The molecule has 1 aromatic rings. The fraction of sp³-hybridized carbons (Fsp3) is 0.200. The SMILES string of the molecule is COC(=O)CNS(=O)(=O)c1ccc(C#N)cc1N. The van der Waals surface area contributed by atoms with Crippen LogP contribution < -0.4 is 10.5 Å². The number of rotatable bonds is 4. The number of hydrogen-bond donors (Lipinski definition) is 2. The van der Waals surface area contributed by atoms with Crippen LogP contribution in [0, 0.1) is 11.3 Å². The number of nitrogens with one attached hydrogen (secondary N) is 1. The lowest BCUT2D eigenvalue weighted by Crippen LogP contribution is -2.30. The number of carbonyl (C=O) groups is 1. The fourth-order valence-electron chi connectivity index (χ4n) is 1.17. The number of sulfonamides is 1. The van der Waals surface area contributed by atoms with Crippen molar-refractivity contribution in [1.29, 1.82) is 5.26 Å². The minimum Gasteiger partial charge on any atom is -0.468 e. The Morgan fingerprint density at radius 1 is 1.56 bits per heavy atom. The zero-order valence-corrected chi connectivity index (χ0v) is 10.3. The molecule has 0 amide bonds. The molecule has 1 aromatic carbocycles. The highest BCUT2D eigenvalue weighted by Crippen LogP contribution is 2.19. The lowest BCUT2D eigenvalue weighted by atomic mass is 10.2. The highest BCUT2D eigenvalue weighted by molar-refractivity contribution is 7.89. The number of esters is 1. The molecule has 0 spiro atoms. The first-order chi connectivity index (χ1) is 8.40. The Balaban J connectivity index is 2.99. The standard InChI is InChI=1S/C10H11N3O4S/c1-17-10(14)6-13-18(15,16)9-3-2-7(5-11)4-8(9)12/h2-4,13H,6,12H2,1H3. The van der Waals surface area contributed by atoms with E-state index >= 15 is 0 Å². The summed E-state index contributed by atoms with van der Waals surface area (Å²) >= 11 is 0. The Labute approximate surface area is 104 Å². The van der Waals surface area contributed by atoms with E-state index in [0.29, 0.717) is 0 Å². The minimum absolute atomic E-state index is 0.0635. The summed E-state index contributed by atoms with van der Waals surface area (Å²) in [6, 6.07) is 5.60. The molecule has 0 aliphatic carbocycles. The lowest BCUT2D eigenvalue weighted by molar-refractivity contribution is -0.139. The first-order valence-electron chi connectivity index (χ1n) is 4.77. The van der Waals surface area contributed by atoms with Crippen LogP contribution in [-0.4, -0.2) is 28.0 Å². The van der Waals surface area contributed by atoms with E-state index < -0.39 is 22.5 Å². The number of nitrogen functional groups attached to an aromatic ring is 1. The summed E-state index contributed by atoms with van der Waals surface area (Å²) < 4.78 is 29.9. The van der Waals surface area contributed by atoms with Crippen molar-refractivity contribution in [2.45, 2.75) is 4.90 Å². The second-order valence-corrected chi connectivity index (χ2v) is 5.00. The summed E-state index contributed by atoms with van der Waals surface area (Å²) in [5.74, 6) is -0.717. The number of ether oxygens (including phenoxy) is 1. The Hall–Kier alpha value is -2.11. The van der Waals surface area contributed by atoms with E-state index in [-0.39, 0.29) is 16.1 Å². The average molecular weight is 269 g/mol. The highest BCUT2D eigenvalue weighted by atomic mass is 32.2. The molecule has 3 N–H and O–H groups in total. The van der Waals surface area contributed by atoms with E-state index in [0.717, 1.165) is 7.11 Å². The number of nitrogens with zero attached hydrogens (tertiary/aromatic N) is 1. The number of anilines is 1. The molecular formula is C10H11N3O4S. The van der Waals surface area contributed by atoms with Crippen molar-refractivity contribution in [3.05, 3.63) is 23.8 Å². The lowest BCUT2D eigenvalue weighted by Gasteiger charge is -2.08. The zero-order valence-electron chi connectivity index (χ0n) is 9.50. The van der Waals surface area contributed by atoms with Gasteiger partial charge in [-0.2, -0.15) is 9.98 Å². The van der Waals surface area contributed by atoms with E-state index in [1.54, 1.807) is 0 Å². The van der Waals surface area contributed by atoms with Crippen LogP contribution in [0.15, 0.2) is 23.1 Å². The van der Waals surface area contributed by atoms with Crippen molar-refractivity contribution < 1.29 is 17.9 Å². The Bertz CT molecular complexity index is 604. The third-order valence-electron chi connectivity index (χ3n) is 2.06. The zero-order chi connectivity index (χ0) is 13.8. The molecule has 0 atom stereocenters. The van der Waals surface area contributed by atoms with Gasteiger partial charge in [-0.1, -0.05) is 0 Å². The van der Waals surface area contributed by atoms with Gasteiger partial charge in [0.1, 0.15) is 11.4 Å². The van der Waals surface area contributed by atoms with Gasteiger partial charge in [-0.3, -0.25) is 4.79 Å². The number of benzene rings is 1. The third-order valence-corrected chi connectivity index (χ3v) is 3.54. The second kappa shape index (κ2) is 5.48. The van der Waals surface area contributed by atoms with E-state index in [1.165, 1.54) is 18.2 Å². The number of methoxy groups -OCH3 is 1. The van der Waals surface area contributed by atoms with Gasteiger partial charge in [0.2, 0.25) is 10.0 Å². The van der Waals surface area contributed by atoms with E-state index in [9.17, 15) is 13.2 Å². The van der Waals surface area contributed by atoms with Crippen LogP contribution in [0.1, 0.15) is 5.56 Å².